The average molecular weight is 303 g/mol. The highest BCUT2D eigenvalue weighted by Gasteiger charge is 2.25. The van der Waals surface area contributed by atoms with Gasteiger partial charge in [0.15, 0.2) is 0 Å². The fourth-order valence-electron chi connectivity index (χ4n) is 3.40. The van der Waals surface area contributed by atoms with Gasteiger partial charge in [0.1, 0.15) is 0 Å². The van der Waals surface area contributed by atoms with Crippen LogP contribution >= 0.6 is 0 Å². The maximum atomic E-state index is 10.3. The van der Waals surface area contributed by atoms with Crippen LogP contribution in [0.15, 0.2) is 18.2 Å². The van der Waals surface area contributed by atoms with E-state index in [9.17, 15) is 5.11 Å². The molecule has 0 aromatic heterocycles. The highest BCUT2D eigenvalue weighted by atomic mass is 16.3. The minimum absolute atomic E-state index is 0.106. The molecule has 1 aromatic carbocycles. The molecule has 1 aromatic rings. The molecule has 0 amide bonds. The molecule has 1 N–H and O–H groups in total. The first-order valence-electron chi connectivity index (χ1n) is 8.90. The van der Waals surface area contributed by atoms with E-state index in [0.717, 1.165) is 12.8 Å². The summed E-state index contributed by atoms with van der Waals surface area (Å²) in [7, 11) is 0. The molecule has 22 heavy (non-hydrogen) atoms. The van der Waals surface area contributed by atoms with E-state index in [1.807, 2.05) is 0 Å². The molecule has 1 saturated carbocycles. The first-order chi connectivity index (χ1) is 10.1. The number of hydrogen-bond acceptors (Lipinski definition) is 1. The summed E-state index contributed by atoms with van der Waals surface area (Å²) in [6.45, 7) is 13.7. The Hall–Kier alpha value is -0.820. The van der Waals surface area contributed by atoms with Gasteiger partial charge in [0.25, 0.3) is 0 Å². The van der Waals surface area contributed by atoms with E-state index in [1.54, 1.807) is 0 Å². The van der Waals surface area contributed by atoms with Crippen LogP contribution in [0.25, 0.3) is 0 Å². The van der Waals surface area contributed by atoms with E-state index < -0.39 is 0 Å². The van der Waals surface area contributed by atoms with Gasteiger partial charge in [0, 0.05) is 0 Å². The molecule has 1 aliphatic carbocycles. The molecule has 124 valence electrons. The van der Waals surface area contributed by atoms with Gasteiger partial charge in [-0.15, -0.1) is 0 Å². The molecule has 1 heteroatoms. The Morgan fingerprint density at radius 2 is 1.36 bits per heavy atom. The monoisotopic (exact) mass is 302 g/mol. The highest BCUT2D eigenvalue weighted by Crippen LogP contribution is 2.33. The van der Waals surface area contributed by atoms with E-state index in [-0.39, 0.29) is 16.9 Å². The van der Waals surface area contributed by atoms with E-state index in [1.165, 1.54) is 36.0 Å². The predicted octanol–water partition coefficient (Wildman–Crippen LogP) is 5.38. The summed E-state index contributed by atoms with van der Waals surface area (Å²) in [6.07, 6.45) is 5.53. The van der Waals surface area contributed by atoms with Crippen molar-refractivity contribution in [2.24, 2.45) is 5.92 Å². The average Bonchev–Trinajstić information content (AvgIpc) is 2.39. The zero-order valence-electron chi connectivity index (χ0n) is 15.4. The topological polar surface area (TPSA) is 20.2 Å². The fourth-order valence-corrected chi connectivity index (χ4v) is 3.40. The van der Waals surface area contributed by atoms with E-state index >= 15 is 0 Å². The van der Waals surface area contributed by atoms with Crippen LogP contribution in [-0.2, 0) is 17.3 Å². The molecule has 1 fully saturated rings. The van der Waals surface area contributed by atoms with Gasteiger partial charge in [-0.05, 0) is 52.7 Å². The Kier molecular flexibility index (Phi) is 5.06. The molecule has 0 aliphatic heterocycles. The summed E-state index contributed by atoms with van der Waals surface area (Å²) in [5.41, 5.74) is 4.58. The standard InChI is InChI=1S/C21H34O/c1-20(2,3)17-12-15(13-18(14-17)21(4,5)6)11-16-9-7-8-10-19(16)22/h12-14,16,19,22H,7-11H2,1-6H3/t16-,19+/m1/s1. The van der Waals surface area contributed by atoms with Gasteiger partial charge in [-0.2, -0.15) is 0 Å². The Morgan fingerprint density at radius 3 is 1.82 bits per heavy atom. The zero-order valence-corrected chi connectivity index (χ0v) is 15.4. The molecule has 1 aliphatic rings. The van der Waals surface area contributed by atoms with Crippen molar-refractivity contribution >= 4 is 0 Å². The summed E-state index contributed by atoms with van der Waals surface area (Å²) in [5, 5.41) is 10.3. The number of rotatable bonds is 2. The second kappa shape index (κ2) is 6.35. The first-order valence-corrected chi connectivity index (χ1v) is 8.90. The fraction of sp³-hybridized carbons (Fsp3) is 0.714. The normalized spacial score (nSPS) is 23.6. The lowest BCUT2D eigenvalue weighted by Gasteiger charge is -2.30. The second-order valence-electron chi connectivity index (χ2n) is 9.23. The van der Waals surface area contributed by atoms with Crippen molar-refractivity contribution in [1.82, 2.24) is 0 Å². The van der Waals surface area contributed by atoms with Crippen LogP contribution in [0, 0.1) is 5.92 Å². The number of benzene rings is 1. The molecule has 1 nitrogen and oxygen atoms in total. The summed E-state index contributed by atoms with van der Waals surface area (Å²) < 4.78 is 0. The third kappa shape index (κ3) is 4.35. The van der Waals surface area contributed by atoms with Gasteiger partial charge in [0.05, 0.1) is 6.10 Å². The molecule has 0 radical (unpaired) electrons. The van der Waals surface area contributed by atoms with Crippen molar-refractivity contribution in [2.75, 3.05) is 0 Å². The van der Waals surface area contributed by atoms with Crippen LogP contribution < -0.4 is 0 Å². The predicted molar refractivity (Wildman–Crippen MR) is 95.5 cm³/mol. The largest absolute Gasteiger partial charge is 0.393 e. The first kappa shape index (κ1) is 17.5. The van der Waals surface area contributed by atoms with Crippen molar-refractivity contribution in [1.29, 1.82) is 0 Å². The van der Waals surface area contributed by atoms with Gasteiger partial charge in [-0.25, -0.2) is 0 Å². The number of aliphatic hydroxyl groups excluding tert-OH is 1. The molecule has 0 unspecified atom stereocenters. The molecule has 0 heterocycles. The lowest BCUT2D eigenvalue weighted by atomic mass is 9.77. The second-order valence-corrected chi connectivity index (χ2v) is 9.23. The molecule has 0 bridgehead atoms. The van der Waals surface area contributed by atoms with Gasteiger partial charge < -0.3 is 5.11 Å². The van der Waals surface area contributed by atoms with Gasteiger partial charge in [0.2, 0.25) is 0 Å². The summed E-state index contributed by atoms with van der Waals surface area (Å²) >= 11 is 0. The van der Waals surface area contributed by atoms with Crippen LogP contribution in [0.4, 0.5) is 0 Å². The van der Waals surface area contributed by atoms with Crippen molar-refractivity contribution in [3.8, 4) is 0 Å². The Bertz CT molecular complexity index is 469. The zero-order chi connectivity index (χ0) is 16.5. The molecule has 0 spiro atoms. The molecule has 2 atom stereocenters. The van der Waals surface area contributed by atoms with Crippen molar-refractivity contribution < 1.29 is 5.11 Å². The van der Waals surface area contributed by atoms with Crippen molar-refractivity contribution in [3.63, 3.8) is 0 Å². The summed E-state index contributed by atoms with van der Waals surface area (Å²) in [4.78, 5) is 0. The van der Waals surface area contributed by atoms with Gasteiger partial charge >= 0.3 is 0 Å². The van der Waals surface area contributed by atoms with Crippen LogP contribution in [-0.4, -0.2) is 11.2 Å². The smallest absolute Gasteiger partial charge is 0.0571 e. The van der Waals surface area contributed by atoms with Crippen LogP contribution in [0.2, 0.25) is 0 Å². The Morgan fingerprint density at radius 1 is 0.864 bits per heavy atom. The highest BCUT2D eigenvalue weighted by molar-refractivity contribution is 5.37. The molecule has 2 rings (SSSR count). The Labute approximate surface area is 137 Å². The third-order valence-electron chi connectivity index (χ3n) is 5.09. The third-order valence-corrected chi connectivity index (χ3v) is 5.09. The quantitative estimate of drug-likeness (QED) is 0.778. The van der Waals surface area contributed by atoms with Crippen LogP contribution in [0.1, 0.15) is 83.9 Å². The van der Waals surface area contributed by atoms with Gasteiger partial charge in [-0.1, -0.05) is 72.6 Å². The SMILES string of the molecule is CC(C)(C)c1cc(C[C@H]2CCCC[C@@H]2O)cc(C(C)(C)C)c1. The van der Waals surface area contributed by atoms with E-state index in [2.05, 4.69) is 59.7 Å². The molecule has 0 saturated heterocycles. The Balaban J connectivity index is 2.33. The number of hydrogen-bond donors (Lipinski definition) is 1. The van der Waals surface area contributed by atoms with Crippen molar-refractivity contribution in [3.05, 3.63) is 34.9 Å². The lowest BCUT2D eigenvalue weighted by molar-refractivity contribution is 0.0700. The molecular weight excluding hydrogens is 268 g/mol. The summed E-state index contributed by atoms with van der Waals surface area (Å²) in [5.74, 6) is 0.441. The maximum Gasteiger partial charge on any atom is 0.0571 e. The minimum atomic E-state index is -0.106. The number of aliphatic hydroxyl groups is 1. The van der Waals surface area contributed by atoms with Gasteiger partial charge in [-0.3, -0.25) is 0 Å². The van der Waals surface area contributed by atoms with E-state index in [0.29, 0.717) is 5.92 Å². The maximum absolute atomic E-state index is 10.3. The molecular formula is C21H34O. The minimum Gasteiger partial charge on any atom is -0.393 e. The lowest BCUT2D eigenvalue weighted by Crippen LogP contribution is -2.26. The van der Waals surface area contributed by atoms with Crippen molar-refractivity contribution in [2.45, 2.75) is 90.6 Å². The van der Waals surface area contributed by atoms with Crippen LogP contribution in [0.5, 0.6) is 0 Å². The van der Waals surface area contributed by atoms with E-state index in [4.69, 9.17) is 0 Å². The van der Waals surface area contributed by atoms with Crippen LogP contribution in [0.3, 0.4) is 0 Å². The summed E-state index contributed by atoms with van der Waals surface area (Å²) in [6, 6.07) is 7.12.